The zero-order chi connectivity index (χ0) is 30.7. The molecule has 0 spiro atoms. The molecular formula is C43H28IrN3-. The fourth-order valence-electron chi connectivity index (χ4n) is 5.84. The van der Waals surface area contributed by atoms with E-state index in [1.54, 1.807) is 0 Å². The van der Waals surface area contributed by atoms with Crippen LogP contribution in [0.3, 0.4) is 0 Å². The molecule has 3 nitrogen and oxygen atoms in total. The largest absolute Gasteiger partial charge is 0.304 e. The number of nitrogens with zero attached hydrogens (tertiary/aromatic N) is 3. The molecule has 8 aromatic rings. The predicted molar refractivity (Wildman–Crippen MR) is 189 cm³/mol. The van der Waals surface area contributed by atoms with Gasteiger partial charge >= 0.3 is 0 Å². The summed E-state index contributed by atoms with van der Waals surface area (Å²) in [5, 5.41) is 2.25. The molecule has 0 unspecified atom stereocenters. The van der Waals surface area contributed by atoms with Crippen LogP contribution in [0.15, 0.2) is 170 Å². The molecule has 0 N–H and O–H groups in total. The van der Waals surface area contributed by atoms with E-state index in [1.807, 2.05) is 60.8 Å². The molecule has 8 rings (SSSR count). The molecule has 47 heavy (non-hydrogen) atoms. The summed E-state index contributed by atoms with van der Waals surface area (Å²) >= 11 is 0. The summed E-state index contributed by atoms with van der Waals surface area (Å²) in [6.45, 7) is 0. The minimum Gasteiger partial charge on any atom is -0.304 e. The number of hydrogen-bond donors (Lipinski definition) is 0. The van der Waals surface area contributed by atoms with E-state index in [2.05, 4.69) is 115 Å². The van der Waals surface area contributed by atoms with Gasteiger partial charge in [-0.25, -0.2) is 9.97 Å². The Labute approximate surface area is 288 Å². The van der Waals surface area contributed by atoms with Crippen molar-refractivity contribution < 1.29 is 20.1 Å². The quantitative estimate of drug-likeness (QED) is 0.158. The minimum absolute atomic E-state index is 0. The van der Waals surface area contributed by atoms with Crippen LogP contribution in [0.25, 0.3) is 78.2 Å². The maximum Gasteiger partial charge on any atom is 0.142 e. The Bertz CT molecular complexity index is 2250. The van der Waals surface area contributed by atoms with Crippen molar-refractivity contribution in [3.05, 3.63) is 176 Å². The fourth-order valence-corrected chi connectivity index (χ4v) is 5.84. The molecule has 1 radical (unpaired) electrons. The summed E-state index contributed by atoms with van der Waals surface area (Å²) in [4.78, 5) is 15.1. The molecule has 2 heterocycles. The van der Waals surface area contributed by atoms with Gasteiger partial charge in [-0.05, 0) is 63.0 Å². The fraction of sp³-hybridized carbons (Fsp3) is 0. The molecule has 225 valence electrons. The van der Waals surface area contributed by atoms with Crippen molar-refractivity contribution in [2.45, 2.75) is 0 Å². The first-order valence-electron chi connectivity index (χ1n) is 15.3. The number of aromatic nitrogens is 3. The first-order valence-corrected chi connectivity index (χ1v) is 15.3. The van der Waals surface area contributed by atoms with Gasteiger partial charge in [0.2, 0.25) is 0 Å². The van der Waals surface area contributed by atoms with E-state index in [4.69, 9.17) is 15.0 Å². The van der Waals surface area contributed by atoms with Crippen molar-refractivity contribution in [1.82, 2.24) is 15.0 Å². The van der Waals surface area contributed by atoms with Crippen molar-refractivity contribution in [2.24, 2.45) is 0 Å². The molecule has 0 fully saturated rings. The van der Waals surface area contributed by atoms with Gasteiger partial charge in [-0.2, -0.15) is 0 Å². The second kappa shape index (κ2) is 13.4. The number of pyridine rings is 1. The molecule has 0 atom stereocenters. The molecule has 2 aromatic heterocycles. The van der Waals surface area contributed by atoms with E-state index >= 15 is 0 Å². The zero-order valence-corrected chi connectivity index (χ0v) is 27.7. The Balaban J connectivity index is 0.00000351. The van der Waals surface area contributed by atoms with Crippen LogP contribution in [-0.2, 0) is 20.1 Å². The van der Waals surface area contributed by atoms with Gasteiger partial charge in [-0.1, -0.05) is 127 Å². The van der Waals surface area contributed by atoms with Gasteiger partial charge < -0.3 is 4.98 Å². The first-order chi connectivity index (χ1) is 22.8. The molecule has 4 heteroatoms. The first kappa shape index (κ1) is 30.1. The van der Waals surface area contributed by atoms with Crippen molar-refractivity contribution in [2.75, 3.05) is 0 Å². The summed E-state index contributed by atoms with van der Waals surface area (Å²) in [5.41, 5.74) is 11.0. The molecule has 0 bridgehead atoms. The van der Waals surface area contributed by atoms with Gasteiger partial charge in [-0.15, -0.1) is 29.8 Å². The minimum atomic E-state index is 0. The van der Waals surface area contributed by atoms with Crippen molar-refractivity contribution in [3.8, 4) is 67.4 Å². The smallest absolute Gasteiger partial charge is 0.142 e. The molecule has 0 saturated heterocycles. The van der Waals surface area contributed by atoms with Crippen LogP contribution in [0.1, 0.15) is 0 Å². The van der Waals surface area contributed by atoms with E-state index in [1.165, 1.54) is 0 Å². The Kier molecular flexibility index (Phi) is 8.62. The number of fused-ring (bicyclic) bond motifs is 1. The third-order valence-corrected chi connectivity index (χ3v) is 8.21. The molecular weight excluding hydrogens is 751 g/mol. The van der Waals surface area contributed by atoms with Crippen molar-refractivity contribution >= 4 is 10.8 Å². The topological polar surface area (TPSA) is 38.7 Å². The van der Waals surface area contributed by atoms with Gasteiger partial charge in [0.15, 0.2) is 0 Å². The van der Waals surface area contributed by atoms with Crippen molar-refractivity contribution in [3.63, 3.8) is 0 Å². The molecule has 0 saturated carbocycles. The van der Waals surface area contributed by atoms with Crippen LogP contribution in [0.2, 0.25) is 0 Å². The van der Waals surface area contributed by atoms with Crippen molar-refractivity contribution in [1.29, 1.82) is 0 Å². The summed E-state index contributed by atoms with van der Waals surface area (Å²) in [6, 6.07) is 59.9. The number of benzene rings is 6. The normalized spacial score (nSPS) is 10.8. The van der Waals surface area contributed by atoms with E-state index in [9.17, 15) is 0 Å². The summed E-state index contributed by atoms with van der Waals surface area (Å²) in [6.07, 6.45) is 1.92. The maximum atomic E-state index is 5.21. The molecule has 0 aliphatic rings. The third-order valence-electron chi connectivity index (χ3n) is 8.21. The SMILES string of the molecule is [Ir].[c-]1ccc(-c2nc(-c3ccccc3)cc(-c3cc(-c4ccccc4)cc(-c4ccccc4)c3)n2)cc1-c1cc2ccccc2cn1. The Morgan fingerprint density at radius 1 is 0.383 bits per heavy atom. The van der Waals surface area contributed by atoms with Crippen LogP contribution in [0.4, 0.5) is 0 Å². The Morgan fingerprint density at radius 3 is 1.55 bits per heavy atom. The van der Waals surface area contributed by atoms with Gasteiger partial charge in [0, 0.05) is 37.4 Å². The molecule has 0 aliphatic heterocycles. The second-order valence-corrected chi connectivity index (χ2v) is 11.3. The van der Waals surface area contributed by atoms with Gasteiger partial charge in [-0.3, -0.25) is 0 Å². The van der Waals surface area contributed by atoms with Crippen LogP contribution in [-0.4, -0.2) is 15.0 Å². The average molecular weight is 779 g/mol. The van der Waals surface area contributed by atoms with E-state index in [0.29, 0.717) is 5.82 Å². The zero-order valence-electron chi connectivity index (χ0n) is 25.3. The molecule has 0 aliphatic carbocycles. The van der Waals surface area contributed by atoms with Crippen LogP contribution in [0, 0.1) is 6.07 Å². The number of hydrogen-bond acceptors (Lipinski definition) is 3. The molecule has 0 amide bonds. The average Bonchev–Trinajstić information content (AvgIpc) is 3.15. The van der Waals surface area contributed by atoms with Crippen LogP contribution < -0.4 is 0 Å². The Morgan fingerprint density at radius 2 is 0.915 bits per heavy atom. The van der Waals surface area contributed by atoms with Crippen LogP contribution in [0.5, 0.6) is 0 Å². The van der Waals surface area contributed by atoms with Gasteiger partial charge in [0.1, 0.15) is 5.82 Å². The standard InChI is InChI=1S/C43H28N3.Ir/c1-4-13-30(14-5-1)37-24-38(31-15-6-2-7-16-31)26-39(25-37)42-28-41(32-17-8-3-9-18-32)45-43(46-42)35-22-12-21-34(23-35)40-27-33-19-10-11-20-36(33)29-44-40;/h1-20,22-29H;/q-1;. The van der Waals surface area contributed by atoms with E-state index in [0.717, 1.165) is 72.4 Å². The summed E-state index contributed by atoms with van der Waals surface area (Å²) in [7, 11) is 0. The van der Waals surface area contributed by atoms with Gasteiger partial charge in [0.25, 0.3) is 0 Å². The predicted octanol–water partition coefficient (Wildman–Crippen LogP) is 10.8. The Hall–Kier alpha value is -5.54. The summed E-state index contributed by atoms with van der Waals surface area (Å²) < 4.78 is 0. The van der Waals surface area contributed by atoms with Gasteiger partial charge in [0.05, 0.1) is 11.4 Å². The third kappa shape index (κ3) is 6.43. The van der Waals surface area contributed by atoms with E-state index < -0.39 is 0 Å². The number of rotatable bonds is 6. The summed E-state index contributed by atoms with van der Waals surface area (Å²) in [5.74, 6) is 0.652. The van der Waals surface area contributed by atoms with E-state index in [-0.39, 0.29) is 20.1 Å². The second-order valence-electron chi connectivity index (χ2n) is 11.3. The maximum absolute atomic E-state index is 5.21. The monoisotopic (exact) mass is 779 g/mol. The van der Waals surface area contributed by atoms with Crippen LogP contribution >= 0.6 is 0 Å². The molecule has 6 aromatic carbocycles.